The van der Waals surface area contributed by atoms with Crippen molar-refractivity contribution < 1.29 is 14.3 Å². The third kappa shape index (κ3) is 8.53. The molecule has 8 heteroatoms. The van der Waals surface area contributed by atoms with Gasteiger partial charge in [0.25, 0.3) is 0 Å². The van der Waals surface area contributed by atoms with Crippen LogP contribution in [-0.4, -0.2) is 29.3 Å². The lowest BCUT2D eigenvalue weighted by molar-refractivity contribution is 0.174. The number of amides is 1. The number of ether oxygens (including phenoxy) is 2. The lowest BCUT2D eigenvalue weighted by atomic mass is 9.96. The van der Waals surface area contributed by atoms with Gasteiger partial charge in [0.05, 0.1) is 12.8 Å². The standard InChI is InChI=1S/C22H27ClN4O3/c1-5-6-12-29-19-18(23)15-24-20(27-19)25-16-9-7-10-17(14-16)26-21(28)30-13-8-11-22(2,3)4/h5,7-11,14-15H,1,6,12-13H2,2-4H3,(H,26,28)(H,24,25,27). The van der Waals surface area contributed by atoms with Crippen LogP contribution in [0.15, 0.2) is 55.3 Å². The van der Waals surface area contributed by atoms with E-state index >= 15 is 0 Å². The number of nitrogens with one attached hydrogen (secondary N) is 2. The quantitative estimate of drug-likeness (QED) is 0.376. The maximum Gasteiger partial charge on any atom is 0.411 e. The predicted octanol–water partition coefficient (Wildman–Crippen LogP) is 5.98. The van der Waals surface area contributed by atoms with Crippen LogP contribution in [0, 0.1) is 5.41 Å². The van der Waals surface area contributed by atoms with E-state index in [2.05, 4.69) is 48.0 Å². The van der Waals surface area contributed by atoms with E-state index in [9.17, 15) is 4.79 Å². The minimum Gasteiger partial charge on any atom is -0.476 e. The molecule has 0 bridgehead atoms. The fraction of sp³-hybridized carbons (Fsp3) is 0.318. The Labute approximate surface area is 182 Å². The van der Waals surface area contributed by atoms with Crippen molar-refractivity contribution in [3.05, 3.63) is 60.3 Å². The molecule has 2 rings (SSSR count). The van der Waals surface area contributed by atoms with Gasteiger partial charge < -0.3 is 14.8 Å². The van der Waals surface area contributed by atoms with Gasteiger partial charge in [0, 0.05) is 11.4 Å². The highest BCUT2D eigenvalue weighted by molar-refractivity contribution is 6.31. The minimum atomic E-state index is -0.536. The molecule has 0 aliphatic carbocycles. The number of rotatable bonds is 9. The fourth-order valence-electron chi connectivity index (χ4n) is 2.24. The monoisotopic (exact) mass is 430 g/mol. The molecule has 160 valence electrons. The molecule has 0 unspecified atom stereocenters. The molecule has 30 heavy (non-hydrogen) atoms. The van der Waals surface area contributed by atoms with E-state index < -0.39 is 6.09 Å². The topological polar surface area (TPSA) is 85.4 Å². The SMILES string of the molecule is C=CCCOc1nc(Nc2cccc(NC(=O)OCC=CC(C)(C)C)c2)ncc1Cl. The Morgan fingerprint density at radius 2 is 2.07 bits per heavy atom. The number of hydrogen-bond donors (Lipinski definition) is 2. The molecule has 0 spiro atoms. The summed E-state index contributed by atoms with van der Waals surface area (Å²) in [7, 11) is 0. The van der Waals surface area contributed by atoms with Crippen molar-refractivity contribution >= 4 is 35.0 Å². The first-order valence-electron chi connectivity index (χ1n) is 9.51. The van der Waals surface area contributed by atoms with Crippen LogP contribution in [0.4, 0.5) is 22.1 Å². The summed E-state index contributed by atoms with van der Waals surface area (Å²) in [6.07, 6.45) is 7.17. The number of allylic oxidation sites excluding steroid dienone is 1. The zero-order valence-corrected chi connectivity index (χ0v) is 18.2. The number of hydrogen-bond acceptors (Lipinski definition) is 6. The average Bonchev–Trinajstić information content (AvgIpc) is 2.67. The summed E-state index contributed by atoms with van der Waals surface area (Å²) in [5, 5.41) is 6.07. The summed E-state index contributed by atoms with van der Waals surface area (Å²) in [5.74, 6) is 0.609. The molecule has 0 fully saturated rings. The van der Waals surface area contributed by atoms with E-state index in [1.165, 1.54) is 6.20 Å². The molecule has 0 aliphatic rings. The molecule has 1 aromatic carbocycles. The van der Waals surface area contributed by atoms with Crippen molar-refractivity contribution in [3.63, 3.8) is 0 Å². The van der Waals surface area contributed by atoms with E-state index in [-0.39, 0.29) is 17.9 Å². The molecule has 0 aliphatic heterocycles. The van der Waals surface area contributed by atoms with E-state index in [1.54, 1.807) is 24.3 Å². The summed E-state index contributed by atoms with van der Waals surface area (Å²) in [5.41, 5.74) is 1.29. The maximum absolute atomic E-state index is 12.0. The molecular weight excluding hydrogens is 404 g/mol. The van der Waals surface area contributed by atoms with Crippen LogP contribution in [0.3, 0.4) is 0 Å². The first-order chi connectivity index (χ1) is 14.3. The lowest BCUT2D eigenvalue weighted by Crippen LogP contribution is -2.14. The zero-order chi connectivity index (χ0) is 22.0. The third-order valence-corrected chi connectivity index (χ3v) is 3.83. The molecule has 0 saturated carbocycles. The van der Waals surface area contributed by atoms with Crippen LogP contribution >= 0.6 is 11.6 Å². The van der Waals surface area contributed by atoms with Crippen molar-refractivity contribution in [2.45, 2.75) is 27.2 Å². The molecule has 1 amide bonds. The van der Waals surface area contributed by atoms with Crippen molar-refractivity contribution in [1.82, 2.24) is 9.97 Å². The second-order valence-corrected chi connectivity index (χ2v) is 7.88. The summed E-state index contributed by atoms with van der Waals surface area (Å²) < 4.78 is 10.7. The highest BCUT2D eigenvalue weighted by Gasteiger charge is 2.09. The van der Waals surface area contributed by atoms with Gasteiger partial charge in [0.1, 0.15) is 11.6 Å². The summed E-state index contributed by atoms with van der Waals surface area (Å²) >= 11 is 6.07. The first-order valence-corrected chi connectivity index (χ1v) is 9.89. The maximum atomic E-state index is 12.0. The van der Waals surface area contributed by atoms with Gasteiger partial charge in [-0.3, -0.25) is 5.32 Å². The molecule has 2 aromatic rings. The van der Waals surface area contributed by atoms with Crippen molar-refractivity contribution in [1.29, 1.82) is 0 Å². The van der Waals surface area contributed by atoms with Gasteiger partial charge in [-0.2, -0.15) is 4.98 Å². The largest absolute Gasteiger partial charge is 0.476 e. The van der Waals surface area contributed by atoms with Crippen LogP contribution in [0.25, 0.3) is 0 Å². The van der Waals surface area contributed by atoms with Gasteiger partial charge in [-0.05, 0) is 30.0 Å². The predicted molar refractivity (Wildman–Crippen MR) is 121 cm³/mol. The highest BCUT2D eigenvalue weighted by atomic mass is 35.5. The van der Waals surface area contributed by atoms with Crippen molar-refractivity contribution in [2.75, 3.05) is 23.8 Å². The van der Waals surface area contributed by atoms with Crippen LogP contribution in [0.5, 0.6) is 5.88 Å². The number of benzene rings is 1. The Bertz CT molecular complexity index is 894. The Hall–Kier alpha value is -3.06. The molecule has 1 heterocycles. The smallest absolute Gasteiger partial charge is 0.411 e. The lowest BCUT2D eigenvalue weighted by Gasteiger charge is -2.12. The number of aromatic nitrogens is 2. The van der Waals surface area contributed by atoms with Crippen LogP contribution in [0.1, 0.15) is 27.2 Å². The van der Waals surface area contributed by atoms with Gasteiger partial charge in [0.2, 0.25) is 11.8 Å². The van der Waals surface area contributed by atoms with Crippen molar-refractivity contribution in [3.8, 4) is 5.88 Å². The van der Waals surface area contributed by atoms with Gasteiger partial charge >= 0.3 is 6.09 Å². The van der Waals surface area contributed by atoms with E-state index in [0.717, 1.165) is 0 Å². The number of carbonyl (C=O) groups is 1. The number of carbonyl (C=O) groups excluding carboxylic acids is 1. The summed E-state index contributed by atoms with van der Waals surface area (Å²) in [6.45, 7) is 10.5. The van der Waals surface area contributed by atoms with E-state index in [1.807, 2.05) is 18.2 Å². The summed E-state index contributed by atoms with van der Waals surface area (Å²) in [4.78, 5) is 20.4. The van der Waals surface area contributed by atoms with Crippen LogP contribution in [-0.2, 0) is 4.74 Å². The Morgan fingerprint density at radius 1 is 1.30 bits per heavy atom. The minimum absolute atomic E-state index is 0.0418. The van der Waals surface area contributed by atoms with Gasteiger partial charge in [-0.1, -0.05) is 56.7 Å². The third-order valence-electron chi connectivity index (χ3n) is 3.57. The molecule has 7 nitrogen and oxygen atoms in total. The molecule has 0 saturated heterocycles. The second-order valence-electron chi connectivity index (χ2n) is 7.47. The van der Waals surface area contributed by atoms with Crippen LogP contribution < -0.4 is 15.4 Å². The zero-order valence-electron chi connectivity index (χ0n) is 17.4. The highest BCUT2D eigenvalue weighted by Crippen LogP contribution is 2.24. The molecule has 1 aromatic heterocycles. The first kappa shape index (κ1) is 23.2. The van der Waals surface area contributed by atoms with Gasteiger partial charge in [-0.15, -0.1) is 6.58 Å². The van der Waals surface area contributed by atoms with Crippen LogP contribution in [0.2, 0.25) is 5.02 Å². The van der Waals surface area contributed by atoms with E-state index in [0.29, 0.717) is 35.4 Å². The van der Waals surface area contributed by atoms with Gasteiger partial charge in [-0.25, -0.2) is 9.78 Å². The fourth-order valence-corrected chi connectivity index (χ4v) is 2.38. The number of nitrogens with zero attached hydrogens (tertiary/aromatic N) is 2. The molecular formula is C22H27ClN4O3. The molecule has 0 radical (unpaired) electrons. The molecule has 2 N–H and O–H groups in total. The Morgan fingerprint density at radius 3 is 2.80 bits per heavy atom. The number of halogens is 1. The Kier molecular flexibility index (Phi) is 8.68. The molecule has 0 atom stereocenters. The number of anilines is 3. The summed E-state index contributed by atoms with van der Waals surface area (Å²) in [6, 6.07) is 7.10. The second kappa shape index (κ2) is 11.2. The van der Waals surface area contributed by atoms with E-state index in [4.69, 9.17) is 21.1 Å². The Balaban J connectivity index is 1.95. The van der Waals surface area contributed by atoms with Crippen molar-refractivity contribution in [2.24, 2.45) is 5.41 Å². The average molecular weight is 431 g/mol. The van der Waals surface area contributed by atoms with Gasteiger partial charge in [0.15, 0.2) is 0 Å². The normalized spacial score (nSPS) is 11.2.